The lowest BCUT2D eigenvalue weighted by Crippen LogP contribution is -2.11. The quantitative estimate of drug-likeness (QED) is 0.513. The van der Waals surface area contributed by atoms with Gasteiger partial charge >= 0.3 is 11.9 Å². The highest BCUT2D eigenvalue weighted by molar-refractivity contribution is 6.09. The van der Waals surface area contributed by atoms with Gasteiger partial charge in [-0.2, -0.15) is 0 Å². The third kappa shape index (κ3) is 4.32. The summed E-state index contributed by atoms with van der Waals surface area (Å²) in [5, 5.41) is 9.77. The van der Waals surface area contributed by atoms with Crippen molar-refractivity contribution in [3.05, 3.63) is 42.1 Å². The van der Waals surface area contributed by atoms with Gasteiger partial charge in [-0.3, -0.25) is 0 Å². The van der Waals surface area contributed by atoms with Gasteiger partial charge in [-0.25, -0.2) is 9.59 Å². The second-order valence-corrected chi connectivity index (χ2v) is 6.28. The number of hydrogen-bond acceptors (Lipinski definition) is 6. The van der Waals surface area contributed by atoms with Crippen molar-refractivity contribution in [3.63, 3.8) is 0 Å². The van der Waals surface area contributed by atoms with Crippen LogP contribution < -0.4 is 14.2 Å². The summed E-state index contributed by atoms with van der Waals surface area (Å²) >= 11 is 0. The molecule has 3 rings (SSSR count). The number of carboxylic acids is 1. The first-order chi connectivity index (χ1) is 14.5. The van der Waals surface area contributed by atoms with Crippen LogP contribution in [0.25, 0.3) is 22.0 Å². The number of H-pyrrole nitrogens is 1. The van der Waals surface area contributed by atoms with Crippen molar-refractivity contribution in [2.75, 3.05) is 26.9 Å². The number of aliphatic carboxylic acids is 1. The summed E-state index contributed by atoms with van der Waals surface area (Å²) in [5.41, 5.74) is 2.01. The second kappa shape index (κ2) is 9.21. The number of aromatic amines is 1. The maximum absolute atomic E-state index is 12.7. The lowest BCUT2D eigenvalue weighted by Gasteiger charge is -2.13. The minimum Gasteiger partial charge on any atom is -0.497 e. The Hall–Kier alpha value is -3.68. The highest BCUT2D eigenvalue weighted by atomic mass is 16.5. The lowest BCUT2D eigenvalue weighted by atomic mass is 10.00. The van der Waals surface area contributed by atoms with E-state index in [0.717, 1.165) is 0 Å². The van der Waals surface area contributed by atoms with Crippen molar-refractivity contribution in [2.45, 2.75) is 13.8 Å². The molecule has 0 aliphatic heterocycles. The molecule has 0 fully saturated rings. The van der Waals surface area contributed by atoms with Gasteiger partial charge < -0.3 is 29.0 Å². The Morgan fingerprint density at radius 3 is 2.43 bits per heavy atom. The molecule has 0 unspecified atom stereocenters. The maximum atomic E-state index is 12.7. The molecule has 0 spiro atoms. The Labute approximate surface area is 173 Å². The van der Waals surface area contributed by atoms with E-state index in [9.17, 15) is 9.59 Å². The molecule has 0 saturated heterocycles. The summed E-state index contributed by atoms with van der Waals surface area (Å²) in [6.07, 6.45) is 0. The van der Waals surface area contributed by atoms with Gasteiger partial charge in [-0.1, -0.05) is 0 Å². The molecule has 1 heterocycles. The number of carboxylic acid groups (broad SMARTS) is 1. The summed E-state index contributed by atoms with van der Waals surface area (Å²) in [6.45, 7) is 3.77. The van der Waals surface area contributed by atoms with E-state index in [1.54, 1.807) is 31.2 Å². The average Bonchev–Trinajstić information content (AvgIpc) is 3.11. The van der Waals surface area contributed by atoms with Gasteiger partial charge in [0.1, 0.15) is 22.9 Å². The van der Waals surface area contributed by atoms with Crippen LogP contribution in [-0.2, 0) is 9.53 Å². The summed E-state index contributed by atoms with van der Waals surface area (Å²) in [6, 6.07) is 10.4. The van der Waals surface area contributed by atoms with Crippen LogP contribution in [0.15, 0.2) is 36.4 Å². The van der Waals surface area contributed by atoms with Crippen molar-refractivity contribution in [1.29, 1.82) is 0 Å². The number of esters is 1. The Kier molecular flexibility index (Phi) is 6.46. The fraction of sp³-hybridized carbons (Fsp3) is 0.273. The molecule has 30 heavy (non-hydrogen) atoms. The number of rotatable bonds is 9. The molecule has 158 valence electrons. The number of benzene rings is 2. The van der Waals surface area contributed by atoms with Crippen LogP contribution in [0.3, 0.4) is 0 Å². The minimum atomic E-state index is -1.12. The minimum absolute atomic E-state index is 0.211. The second-order valence-electron chi connectivity index (χ2n) is 6.28. The number of carbonyl (C=O) groups excluding carboxylic acids is 1. The molecule has 0 amide bonds. The van der Waals surface area contributed by atoms with Gasteiger partial charge in [-0.15, -0.1) is 0 Å². The van der Waals surface area contributed by atoms with Crippen LogP contribution >= 0.6 is 0 Å². The molecular formula is C22H23NO7. The topological polar surface area (TPSA) is 107 Å². The zero-order valence-electron chi connectivity index (χ0n) is 17.0. The predicted octanol–water partition coefficient (Wildman–Crippen LogP) is 3.88. The maximum Gasteiger partial charge on any atom is 0.355 e. The van der Waals surface area contributed by atoms with E-state index in [1.165, 1.54) is 7.11 Å². The highest BCUT2D eigenvalue weighted by Gasteiger charge is 2.24. The van der Waals surface area contributed by atoms with E-state index >= 15 is 0 Å². The lowest BCUT2D eigenvalue weighted by molar-refractivity contribution is -0.139. The first kappa shape index (κ1) is 21.0. The molecule has 0 atom stereocenters. The van der Waals surface area contributed by atoms with Gasteiger partial charge in [0.25, 0.3) is 0 Å². The summed E-state index contributed by atoms with van der Waals surface area (Å²) in [5.74, 6) is -0.243. The van der Waals surface area contributed by atoms with Crippen LogP contribution in [0.5, 0.6) is 17.2 Å². The fourth-order valence-corrected chi connectivity index (χ4v) is 3.16. The smallest absolute Gasteiger partial charge is 0.355 e. The molecule has 3 aromatic rings. The molecule has 0 bridgehead atoms. The zero-order chi connectivity index (χ0) is 21.7. The van der Waals surface area contributed by atoms with Crippen LogP contribution in [-0.4, -0.2) is 49.0 Å². The third-order valence-electron chi connectivity index (χ3n) is 4.37. The van der Waals surface area contributed by atoms with Gasteiger partial charge in [0.2, 0.25) is 0 Å². The van der Waals surface area contributed by atoms with Gasteiger partial charge in [0.15, 0.2) is 6.61 Å². The molecule has 2 aromatic carbocycles. The van der Waals surface area contributed by atoms with E-state index in [2.05, 4.69) is 4.98 Å². The van der Waals surface area contributed by atoms with Crippen LogP contribution in [0.4, 0.5) is 0 Å². The first-order valence-electron chi connectivity index (χ1n) is 9.47. The summed E-state index contributed by atoms with van der Waals surface area (Å²) < 4.78 is 21.6. The zero-order valence-corrected chi connectivity index (χ0v) is 17.0. The Balaban J connectivity index is 2.26. The molecule has 0 radical (unpaired) electrons. The number of aromatic nitrogens is 1. The summed E-state index contributed by atoms with van der Waals surface area (Å²) in [4.78, 5) is 26.8. The predicted molar refractivity (Wildman–Crippen MR) is 111 cm³/mol. The normalized spacial score (nSPS) is 10.6. The number of carbonyl (C=O) groups is 2. The number of ether oxygens (including phenoxy) is 4. The Morgan fingerprint density at radius 2 is 1.77 bits per heavy atom. The van der Waals surface area contributed by atoms with Gasteiger partial charge in [-0.05, 0) is 44.2 Å². The van der Waals surface area contributed by atoms with Crippen molar-refractivity contribution in [3.8, 4) is 28.4 Å². The molecule has 0 aliphatic rings. The number of fused-ring (bicyclic) bond motifs is 1. The average molecular weight is 413 g/mol. The Morgan fingerprint density at radius 1 is 1.00 bits per heavy atom. The van der Waals surface area contributed by atoms with Crippen molar-refractivity contribution >= 4 is 22.8 Å². The molecule has 2 N–H and O–H groups in total. The van der Waals surface area contributed by atoms with Crippen LogP contribution in [0.2, 0.25) is 0 Å². The van der Waals surface area contributed by atoms with Gasteiger partial charge in [0.05, 0.1) is 20.3 Å². The summed E-state index contributed by atoms with van der Waals surface area (Å²) in [7, 11) is 1.50. The van der Waals surface area contributed by atoms with E-state index in [0.29, 0.717) is 40.1 Å². The van der Waals surface area contributed by atoms with E-state index in [4.69, 9.17) is 24.1 Å². The van der Waals surface area contributed by atoms with Crippen LogP contribution in [0.1, 0.15) is 24.3 Å². The number of methoxy groups -OCH3 is 1. The van der Waals surface area contributed by atoms with E-state index in [-0.39, 0.29) is 18.1 Å². The van der Waals surface area contributed by atoms with Crippen molar-refractivity contribution < 1.29 is 33.6 Å². The van der Waals surface area contributed by atoms with Crippen molar-refractivity contribution in [1.82, 2.24) is 4.98 Å². The number of hydrogen-bond donors (Lipinski definition) is 2. The SMILES string of the molecule is CCOC(=O)c1[nH]c2ccc(OCC)cc2c1-c1ccc(OC)cc1OCC(=O)O. The first-order valence-corrected chi connectivity index (χ1v) is 9.47. The molecule has 0 aliphatic carbocycles. The van der Waals surface area contributed by atoms with Crippen molar-refractivity contribution in [2.24, 2.45) is 0 Å². The Bertz CT molecular complexity index is 1070. The van der Waals surface area contributed by atoms with E-state index in [1.807, 2.05) is 19.1 Å². The third-order valence-corrected chi connectivity index (χ3v) is 4.37. The molecule has 8 nitrogen and oxygen atoms in total. The van der Waals surface area contributed by atoms with Crippen LogP contribution in [0, 0.1) is 0 Å². The molecule has 8 heteroatoms. The van der Waals surface area contributed by atoms with E-state index < -0.39 is 18.5 Å². The largest absolute Gasteiger partial charge is 0.497 e. The fourth-order valence-electron chi connectivity index (χ4n) is 3.16. The monoisotopic (exact) mass is 413 g/mol. The van der Waals surface area contributed by atoms with Gasteiger partial charge in [0, 0.05) is 28.1 Å². The standard InChI is InChI=1S/C22H23NO7/c1-4-28-14-7-9-17-16(10-14)20(21(23-17)22(26)29-5-2)15-8-6-13(27-3)11-18(15)30-12-19(24)25/h6-11,23H,4-5,12H2,1-3H3,(H,24,25). The highest BCUT2D eigenvalue weighted by Crippen LogP contribution is 2.41. The molecular weight excluding hydrogens is 390 g/mol. The molecule has 1 aromatic heterocycles. The number of nitrogens with one attached hydrogen (secondary N) is 1. The molecule has 0 saturated carbocycles.